The van der Waals surface area contributed by atoms with Gasteiger partial charge in [-0.25, -0.2) is 4.98 Å². The first-order valence-electron chi connectivity index (χ1n) is 12.5. The Morgan fingerprint density at radius 3 is 2.68 bits per heavy atom. The van der Waals surface area contributed by atoms with E-state index >= 15 is 0 Å². The molecular formula is C26H32ClN3O4. The lowest BCUT2D eigenvalue weighted by atomic mass is 9.59. The quantitative estimate of drug-likeness (QED) is 0.611. The highest BCUT2D eigenvalue weighted by molar-refractivity contribution is 6.30. The lowest BCUT2D eigenvalue weighted by Crippen LogP contribution is -2.68. The molecule has 1 aliphatic heterocycles. The summed E-state index contributed by atoms with van der Waals surface area (Å²) in [5.41, 5.74) is 0.987. The summed E-state index contributed by atoms with van der Waals surface area (Å²) < 4.78 is 8.15. The third kappa shape index (κ3) is 3.55. The monoisotopic (exact) mass is 485 g/mol. The summed E-state index contributed by atoms with van der Waals surface area (Å²) in [5.74, 6) is 1.54. The van der Waals surface area contributed by atoms with Gasteiger partial charge in [-0.1, -0.05) is 18.5 Å². The van der Waals surface area contributed by atoms with Crippen molar-refractivity contribution in [3.63, 3.8) is 0 Å². The highest BCUT2D eigenvalue weighted by Gasteiger charge is 2.56. The van der Waals surface area contributed by atoms with Crippen LogP contribution in [0.2, 0.25) is 5.02 Å². The maximum Gasteiger partial charge on any atom is 0.261 e. The number of nitrogens with one attached hydrogen (secondary N) is 1. The molecule has 2 unspecified atom stereocenters. The van der Waals surface area contributed by atoms with Gasteiger partial charge in [-0.15, -0.1) is 0 Å². The molecule has 2 aromatic rings. The molecule has 7 nitrogen and oxygen atoms in total. The zero-order valence-electron chi connectivity index (χ0n) is 19.4. The van der Waals surface area contributed by atoms with Crippen molar-refractivity contribution in [1.82, 2.24) is 14.9 Å². The molecule has 1 aromatic heterocycles. The SMILES string of the molecule is CC1CC(c2cn(C34CCC(NC(=O)C5CC(O)c6cc(Cl)ccc6O5)(CC3)[C@@H](O)C4)cn2)C1. The molecule has 0 saturated heterocycles. The summed E-state index contributed by atoms with van der Waals surface area (Å²) in [5, 5.41) is 25.4. The summed E-state index contributed by atoms with van der Waals surface area (Å²) >= 11 is 6.04. The molecule has 3 atom stereocenters. The fraction of sp³-hybridized carbons (Fsp3) is 0.615. The fourth-order valence-electron chi connectivity index (χ4n) is 6.68. The molecule has 4 saturated carbocycles. The number of amides is 1. The van der Waals surface area contributed by atoms with Crippen LogP contribution in [0.15, 0.2) is 30.7 Å². The van der Waals surface area contributed by atoms with Gasteiger partial charge in [-0.05, 0) is 69.1 Å². The number of hydrogen-bond donors (Lipinski definition) is 3. The van der Waals surface area contributed by atoms with Crippen LogP contribution in [0.25, 0.3) is 0 Å². The Balaban J connectivity index is 1.14. The van der Waals surface area contributed by atoms with Crippen molar-refractivity contribution in [1.29, 1.82) is 0 Å². The van der Waals surface area contributed by atoms with Crippen molar-refractivity contribution in [3.8, 4) is 5.75 Å². The highest BCUT2D eigenvalue weighted by atomic mass is 35.5. The number of carbonyl (C=O) groups excluding carboxylic acids is 1. The maximum atomic E-state index is 13.2. The standard InChI is InChI=1S/C26H32ClN3O4/c1-15-8-16(9-15)19-13-30(14-28-19)25-4-6-26(7-5-25,23(32)12-25)29-24(33)22-11-20(31)18-10-17(27)2-3-21(18)34-22/h2-3,10,13-16,20,22-23,31-32H,4-9,11-12H2,1H3,(H,29,33)/t15?,16?,20?,22?,23-,25?,26?/m0/s1. The molecule has 1 aromatic carbocycles. The fourth-order valence-corrected chi connectivity index (χ4v) is 6.86. The third-order valence-corrected chi connectivity index (χ3v) is 9.16. The van der Waals surface area contributed by atoms with Gasteiger partial charge in [-0.3, -0.25) is 4.79 Å². The third-order valence-electron chi connectivity index (χ3n) is 8.93. The topological polar surface area (TPSA) is 96.6 Å². The van der Waals surface area contributed by atoms with Crippen molar-refractivity contribution < 1.29 is 19.7 Å². The molecule has 4 fully saturated rings. The molecule has 5 aliphatic rings. The average Bonchev–Trinajstić information content (AvgIpc) is 3.29. The van der Waals surface area contributed by atoms with Gasteiger partial charge in [0.1, 0.15) is 5.75 Å². The molecule has 3 N–H and O–H groups in total. The van der Waals surface area contributed by atoms with Gasteiger partial charge in [0.2, 0.25) is 0 Å². The number of halogens is 1. The number of fused-ring (bicyclic) bond motifs is 4. The molecule has 0 radical (unpaired) electrons. The summed E-state index contributed by atoms with van der Waals surface area (Å²) in [6.45, 7) is 2.28. The zero-order chi connectivity index (χ0) is 23.7. The lowest BCUT2D eigenvalue weighted by Gasteiger charge is -2.56. The van der Waals surface area contributed by atoms with Gasteiger partial charge in [0.25, 0.3) is 5.91 Å². The molecule has 182 valence electrons. The molecule has 34 heavy (non-hydrogen) atoms. The van der Waals surface area contributed by atoms with Crippen molar-refractivity contribution in [3.05, 3.63) is 47.0 Å². The summed E-state index contributed by atoms with van der Waals surface area (Å²) in [6, 6.07) is 5.05. The van der Waals surface area contributed by atoms with E-state index in [9.17, 15) is 15.0 Å². The Morgan fingerprint density at radius 2 is 1.97 bits per heavy atom. The number of aliphatic hydroxyl groups is 2. The first-order valence-corrected chi connectivity index (χ1v) is 12.8. The highest BCUT2D eigenvalue weighted by Crippen LogP contribution is 2.52. The van der Waals surface area contributed by atoms with Gasteiger partial charge < -0.3 is 24.8 Å². The Hall–Kier alpha value is -2.09. The van der Waals surface area contributed by atoms with E-state index in [1.54, 1.807) is 18.2 Å². The van der Waals surface area contributed by atoms with Crippen molar-refractivity contribution in [2.75, 3.05) is 0 Å². The maximum absolute atomic E-state index is 13.2. The van der Waals surface area contributed by atoms with Crippen LogP contribution in [0.5, 0.6) is 5.75 Å². The summed E-state index contributed by atoms with van der Waals surface area (Å²) in [4.78, 5) is 17.9. The molecule has 2 bridgehead atoms. The van der Waals surface area contributed by atoms with E-state index in [4.69, 9.17) is 21.3 Å². The van der Waals surface area contributed by atoms with Crippen LogP contribution >= 0.6 is 11.6 Å². The number of ether oxygens (including phenoxy) is 1. The lowest BCUT2D eigenvalue weighted by molar-refractivity contribution is -0.140. The molecule has 4 aliphatic carbocycles. The number of imidazole rings is 1. The molecule has 7 rings (SSSR count). The normalized spacial score (nSPS) is 38.5. The minimum Gasteiger partial charge on any atom is -0.480 e. The number of benzene rings is 1. The number of aliphatic hydroxyl groups excluding tert-OH is 2. The van der Waals surface area contributed by atoms with Gasteiger partial charge >= 0.3 is 0 Å². The van der Waals surface area contributed by atoms with E-state index in [0.29, 0.717) is 41.5 Å². The minimum atomic E-state index is -0.819. The second kappa shape index (κ2) is 7.97. The van der Waals surface area contributed by atoms with Crippen LogP contribution in [0.3, 0.4) is 0 Å². The van der Waals surface area contributed by atoms with E-state index in [0.717, 1.165) is 18.8 Å². The number of nitrogens with zero attached hydrogens (tertiary/aromatic N) is 2. The number of hydrogen-bond acceptors (Lipinski definition) is 5. The van der Waals surface area contributed by atoms with E-state index < -0.39 is 23.9 Å². The summed E-state index contributed by atoms with van der Waals surface area (Å²) in [7, 11) is 0. The molecule has 8 heteroatoms. The van der Waals surface area contributed by atoms with E-state index in [1.165, 1.54) is 18.5 Å². The first kappa shape index (κ1) is 22.4. The average molecular weight is 486 g/mol. The predicted octanol–water partition coefficient (Wildman–Crippen LogP) is 3.82. The summed E-state index contributed by atoms with van der Waals surface area (Å²) in [6.07, 6.45) is 8.22. The molecular weight excluding hydrogens is 454 g/mol. The van der Waals surface area contributed by atoms with Gasteiger partial charge in [0, 0.05) is 34.7 Å². The van der Waals surface area contributed by atoms with Crippen LogP contribution in [-0.4, -0.2) is 43.4 Å². The minimum absolute atomic E-state index is 0.137. The smallest absolute Gasteiger partial charge is 0.261 e. The first-order chi connectivity index (χ1) is 16.3. The van der Waals surface area contributed by atoms with Crippen molar-refractivity contribution in [2.45, 2.75) is 93.6 Å². The van der Waals surface area contributed by atoms with Crippen molar-refractivity contribution in [2.24, 2.45) is 5.92 Å². The number of aromatic nitrogens is 2. The van der Waals surface area contributed by atoms with Crippen LogP contribution in [0.1, 0.15) is 81.6 Å². The van der Waals surface area contributed by atoms with Gasteiger partial charge in [0.15, 0.2) is 6.10 Å². The van der Waals surface area contributed by atoms with E-state index in [-0.39, 0.29) is 17.9 Å². The van der Waals surface area contributed by atoms with Crippen molar-refractivity contribution >= 4 is 17.5 Å². The van der Waals surface area contributed by atoms with Crippen LogP contribution in [-0.2, 0) is 10.3 Å². The van der Waals surface area contributed by atoms with Crippen LogP contribution in [0.4, 0.5) is 0 Å². The van der Waals surface area contributed by atoms with Gasteiger partial charge in [-0.2, -0.15) is 0 Å². The van der Waals surface area contributed by atoms with Crippen LogP contribution < -0.4 is 10.1 Å². The second-order valence-corrected chi connectivity index (χ2v) is 11.5. The molecule has 2 heterocycles. The Kier molecular flexibility index (Phi) is 5.24. The zero-order valence-corrected chi connectivity index (χ0v) is 20.2. The second-order valence-electron chi connectivity index (χ2n) is 11.1. The number of rotatable bonds is 4. The van der Waals surface area contributed by atoms with Gasteiger partial charge in [0.05, 0.1) is 29.8 Å². The number of carbonyl (C=O) groups is 1. The Morgan fingerprint density at radius 1 is 1.21 bits per heavy atom. The van der Waals surface area contributed by atoms with E-state index in [1.807, 2.05) is 6.33 Å². The van der Waals surface area contributed by atoms with E-state index in [2.05, 4.69) is 23.0 Å². The molecule has 1 amide bonds. The van der Waals surface area contributed by atoms with Crippen LogP contribution in [0, 0.1) is 5.92 Å². The Labute approximate surface area is 204 Å². The predicted molar refractivity (Wildman–Crippen MR) is 127 cm³/mol. The Bertz CT molecular complexity index is 1100. The largest absolute Gasteiger partial charge is 0.480 e. The molecule has 0 spiro atoms.